The molecular weight excluding hydrogens is 256 g/mol. The van der Waals surface area contributed by atoms with E-state index in [1.807, 2.05) is 41.5 Å². The van der Waals surface area contributed by atoms with Gasteiger partial charge in [0.25, 0.3) is 0 Å². The van der Waals surface area contributed by atoms with Gasteiger partial charge >= 0.3 is 0 Å². The molecule has 0 aliphatic rings. The van der Waals surface area contributed by atoms with E-state index in [0.717, 1.165) is 0 Å². The highest BCUT2D eigenvalue weighted by Crippen LogP contribution is 2.24. The minimum absolute atomic E-state index is 0.0573. The van der Waals surface area contributed by atoms with Crippen LogP contribution in [0.25, 0.3) is 0 Å². The van der Waals surface area contributed by atoms with Crippen molar-refractivity contribution >= 4 is 11.7 Å². The summed E-state index contributed by atoms with van der Waals surface area (Å²) >= 11 is 0. The van der Waals surface area contributed by atoms with Crippen LogP contribution in [0.15, 0.2) is 0 Å². The van der Waals surface area contributed by atoms with Gasteiger partial charge in [0.2, 0.25) is 5.91 Å². The largest absolute Gasteiger partial charge is 0.380 e. The van der Waals surface area contributed by atoms with Crippen molar-refractivity contribution in [2.45, 2.75) is 60.1 Å². The minimum Gasteiger partial charge on any atom is -0.380 e. The monoisotopic (exact) mass is 286 g/mol. The lowest BCUT2D eigenvalue weighted by Gasteiger charge is -2.30. The fourth-order valence-corrected chi connectivity index (χ4v) is 1.92. The average Bonchev–Trinajstić information content (AvgIpc) is 2.29. The first-order valence-corrected chi connectivity index (χ1v) is 7.00. The van der Waals surface area contributed by atoms with Crippen molar-refractivity contribution in [3.63, 3.8) is 0 Å². The lowest BCUT2D eigenvalue weighted by Crippen LogP contribution is -2.50. The summed E-state index contributed by atoms with van der Waals surface area (Å²) in [6, 6.07) is -0.639. The van der Waals surface area contributed by atoms with E-state index < -0.39 is 11.5 Å². The van der Waals surface area contributed by atoms with Gasteiger partial charge in [-0.25, -0.2) is 0 Å². The molecule has 3 N–H and O–H groups in total. The second-order valence-electron chi connectivity index (χ2n) is 7.26. The fraction of sp³-hybridized carbons (Fsp3) is 0.867. The summed E-state index contributed by atoms with van der Waals surface area (Å²) in [7, 11) is 1.59. The summed E-state index contributed by atoms with van der Waals surface area (Å²) in [6.45, 7) is 11.6. The molecule has 0 fully saturated rings. The van der Waals surface area contributed by atoms with Gasteiger partial charge in [-0.15, -0.1) is 0 Å². The van der Waals surface area contributed by atoms with Crippen molar-refractivity contribution < 1.29 is 14.3 Å². The van der Waals surface area contributed by atoms with Crippen molar-refractivity contribution in [3.8, 4) is 0 Å². The molecule has 0 aromatic rings. The Labute approximate surface area is 122 Å². The molecule has 1 unspecified atom stereocenters. The summed E-state index contributed by atoms with van der Waals surface area (Å²) < 4.78 is 5.35. The van der Waals surface area contributed by atoms with Crippen LogP contribution >= 0.6 is 0 Å². The van der Waals surface area contributed by atoms with Crippen molar-refractivity contribution in [1.29, 1.82) is 0 Å². The molecule has 0 spiro atoms. The number of carbonyl (C=O) groups excluding carboxylic acids is 2. The van der Waals surface area contributed by atoms with E-state index in [4.69, 9.17) is 10.5 Å². The summed E-state index contributed by atoms with van der Waals surface area (Å²) in [6.07, 6.45) is 0.0131. The van der Waals surface area contributed by atoms with Crippen LogP contribution in [-0.4, -0.2) is 37.5 Å². The second kappa shape index (κ2) is 7.18. The summed E-state index contributed by atoms with van der Waals surface area (Å²) in [4.78, 5) is 24.2. The van der Waals surface area contributed by atoms with Crippen molar-refractivity contribution in [2.75, 3.05) is 13.7 Å². The Balaban J connectivity index is 4.69. The van der Waals surface area contributed by atoms with Gasteiger partial charge in [0.1, 0.15) is 6.04 Å². The predicted molar refractivity (Wildman–Crippen MR) is 80.3 cm³/mol. The maximum absolute atomic E-state index is 12.2. The summed E-state index contributed by atoms with van der Waals surface area (Å²) in [5.74, 6) is -0.266. The minimum atomic E-state index is -0.639. The van der Waals surface area contributed by atoms with Gasteiger partial charge in [-0.1, -0.05) is 41.5 Å². The molecule has 5 nitrogen and oxygen atoms in total. The number of ketones is 1. The molecule has 0 aromatic carbocycles. The Kier molecular flexibility index (Phi) is 6.84. The number of methoxy groups -OCH3 is 1. The van der Waals surface area contributed by atoms with E-state index in [2.05, 4.69) is 5.32 Å². The van der Waals surface area contributed by atoms with Crippen molar-refractivity contribution in [2.24, 2.45) is 16.6 Å². The Hall–Kier alpha value is -0.940. The van der Waals surface area contributed by atoms with Crippen molar-refractivity contribution in [3.05, 3.63) is 0 Å². The van der Waals surface area contributed by atoms with Crippen LogP contribution in [0.5, 0.6) is 0 Å². The Bertz CT molecular complexity index is 340. The Morgan fingerprint density at radius 3 is 1.95 bits per heavy atom. The molecule has 2 atom stereocenters. The zero-order valence-electron chi connectivity index (χ0n) is 13.9. The molecule has 20 heavy (non-hydrogen) atoms. The SMILES string of the molecule is COC(CC(=O)N[C@@H](CN)C(=O)C(C)(C)C)C(C)(C)C. The molecule has 5 heteroatoms. The number of nitrogens with two attached hydrogens (primary N) is 1. The van der Waals surface area contributed by atoms with E-state index in [0.29, 0.717) is 0 Å². The third-order valence-corrected chi connectivity index (χ3v) is 3.25. The van der Waals surface area contributed by atoms with E-state index in [1.54, 1.807) is 7.11 Å². The van der Waals surface area contributed by atoms with Gasteiger partial charge in [0.05, 0.1) is 12.5 Å². The van der Waals surface area contributed by atoms with Gasteiger partial charge in [-0.3, -0.25) is 9.59 Å². The van der Waals surface area contributed by atoms with E-state index in [9.17, 15) is 9.59 Å². The van der Waals surface area contributed by atoms with Gasteiger partial charge in [-0.05, 0) is 5.41 Å². The number of rotatable bonds is 6. The molecule has 0 radical (unpaired) electrons. The molecule has 118 valence electrons. The Morgan fingerprint density at radius 2 is 1.65 bits per heavy atom. The van der Waals surface area contributed by atoms with Gasteiger partial charge in [-0.2, -0.15) is 0 Å². The lowest BCUT2D eigenvalue weighted by molar-refractivity contribution is -0.133. The van der Waals surface area contributed by atoms with Crippen LogP contribution in [0.2, 0.25) is 0 Å². The maximum Gasteiger partial charge on any atom is 0.223 e. The molecule has 0 aromatic heterocycles. The van der Waals surface area contributed by atoms with Gasteiger partial charge in [0, 0.05) is 19.1 Å². The molecule has 1 amide bonds. The first-order valence-electron chi connectivity index (χ1n) is 7.00. The lowest BCUT2D eigenvalue weighted by atomic mass is 9.85. The number of amides is 1. The van der Waals surface area contributed by atoms with Crippen LogP contribution in [0.3, 0.4) is 0 Å². The van der Waals surface area contributed by atoms with Crippen LogP contribution in [0, 0.1) is 10.8 Å². The third-order valence-electron chi connectivity index (χ3n) is 3.25. The van der Waals surface area contributed by atoms with Crippen LogP contribution in [0.1, 0.15) is 48.0 Å². The summed E-state index contributed by atoms with van der Waals surface area (Å²) in [5.41, 5.74) is 4.93. The number of Topliss-reactive ketones (excluding diaryl/α,β-unsaturated/α-hetero) is 1. The normalized spacial score (nSPS) is 15.6. The maximum atomic E-state index is 12.2. The van der Waals surface area contributed by atoms with Gasteiger partial charge in [0.15, 0.2) is 5.78 Å². The predicted octanol–water partition coefficient (Wildman–Crippen LogP) is 1.50. The Morgan fingerprint density at radius 1 is 1.15 bits per heavy atom. The number of nitrogens with one attached hydrogen (secondary N) is 1. The highest BCUT2D eigenvalue weighted by Gasteiger charge is 2.32. The number of hydrogen-bond acceptors (Lipinski definition) is 4. The zero-order valence-corrected chi connectivity index (χ0v) is 13.9. The first-order chi connectivity index (χ1) is 8.93. The quantitative estimate of drug-likeness (QED) is 0.775. The van der Waals surface area contributed by atoms with Crippen LogP contribution in [-0.2, 0) is 14.3 Å². The molecular formula is C15H30N2O3. The van der Waals surface area contributed by atoms with E-state index in [1.165, 1.54) is 0 Å². The number of hydrogen-bond donors (Lipinski definition) is 2. The zero-order chi connectivity index (χ0) is 16.1. The van der Waals surface area contributed by atoms with E-state index >= 15 is 0 Å². The van der Waals surface area contributed by atoms with Crippen LogP contribution in [0.4, 0.5) is 0 Å². The first kappa shape index (κ1) is 19.1. The molecule has 0 aliphatic heterocycles. The average molecular weight is 286 g/mol. The number of carbonyl (C=O) groups is 2. The standard InChI is InChI=1S/C15H30N2O3/c1-14(2,3)11(20-7)8-12(18)17-10(9-16)13(19)15(4,5)6/h10-11H,8-9,16H2,1-7H3,(H,17,18)/t10-,11?/m0/s1. The van der Waals surface area contributed by atoms with E-state index in [-0.39, 0.29) is 36.2 Å². The van der Waals surface area contributed by atoms with Crippen LogP contribution < -0.4 is 11.1 Å². The topological polar surface area (TPSA) is 81.4 Å². The highest BCUT2D eigenvalue weighted by molar-refractivity contribution is 5.92. The van der Waals surface area contributed by atoms with Crippen molar-refractivity contribution in [1.82, 2.24) is 5.32 Å². The fourth-order valence-electron chi connectivity index (χ4n) is 1.92. The third kappa shape index (κ3) is 6.01. The molecule has 0 saturated heterocycles. The molecule has 0 aliphatic carbocycles. The molecule has 0 bridgehead atoms. The second-order valence-corrected chi connectivity index (χ2v) is 7.26. The summed E-state index contributed by atoms with van der Waals surface area (Å²) in [5, 5.41) is 2.72. The number of ether oxygens (including phenoxy) is 1. The molecule has 0 saturated carbocycles. The molecule has 0 heterocycles. The molecule has 0 rings (SSSR count). The van der Waals surface area contributed by atoms with Gasteiger partial charge < -0.3 is 15.8 Å². The highest BCUT2D eigenvalue weighted by atomic mass is 16.5. The smallest absolute Gasteiger partial charge is 0.223 e.